The van der Waals surface area contributed by atoms with Crippen molar-refractivity contribution in [1.82, 2.24) is 20.2 Å². The van der Waals surface area contributed by atoms with E-state index in [9.17, 15) is 4.79 Å². The predicted octanol–water partition coefficient (Wildman–Crippen LogP) is 4.65. The number of fused-ring (bicyclic) bond motifs is 1. The van der Waals surface area contributed by atoms with Crippen molar-refractivity contribution in [3.63, 3.8) is 0 Å². The predicted molar refractivity (Wildman–Crippen MR) is 142 cm³/mol. The van der Waals surface area contributed by atoms with E-state index in [0.29, 0.717) is 18.4 Å². The van der Waals surface area contributed by atoms with Crippen molar-refractivity contribution in [2.75, 3.05) is 37.3 Å². The smallest absolute Gasteiger partial charge is 0.229 e. The minimum Gasteiger partial charge on any atom is -0.370 e. The van der Waals surface area contributed by atoms with Gasteiger partial charge in [0, 0.05) is 49.5 Å². The molecule has 1 aromatic heterocycles. The maximum atomic E-state index is 12.0. The first-order valence-electron chi connectivity index (χ1n) is 12.1. The molecule has 0 spiro atoms. The molecule has 2 aliphatic carbocycles. The van der Waals surface area contributed by atoms with Gasteiger partial charge in [-0.2, -0.15) is 4.98 Å². The number of hydrogen-bond acceptors (Lipinski definition) is 6. The molecule has 1 aromatic carbocycles. The van der Waals surface area contributed by atoms with Crippen LogP contribution in [-0.4, -0.2) is 47.5 Å². The number of nitrogens with zero attached hydrogens (tertiary/aromatic N) is 3. The average Bonchev–Trinajstić information content (AvgIpc) is 3.58. The van der Waals surface area contributed by atoms with E-state index in [2.05, 4.69) is 51.1 Å². The van der Waals surface area contributed by atoms with E-state index in [1.54, 1.807) is 0 Å². The van der Waals surface area contributed by atoms with Crippen LogP contribution in [0.1, 0.15) is 61.1 Å². The molecule has 9 heteroatoms. The van der Waals surface area contributed by atoms with Crippen molar-refractivity contribution < 1.29 is 4.79 Å². The molecule has 5 rings (SSSR count). The normalized spacial score (nSPS) is 17.4. The summed E-state index contributed by atoms with van der Waals surface area (Å²) in [7, 11) is 2.17. The van der Waals surface area contributed by atoms with Gasteiger partial charge in [-0.05, 0) is 74.8 Å². The van der Waals surface area contributed by atoms with Crippen molar-refractivity contribution in [2.45, 2.75) is 57.4 Å². The summed E-state index contributed by atoms with van der Waals surface area (Å²) in [6.07, 6.45) is 9.64. The molecule has 186 valence electrons. The fraction of sp³-hybridized carbons (Fsp3) is 0.560. The summed E-state index contributed by atoms with van der Waals surface area (Å²) in [4.78, 5) is 23.7. The molecule has 0 atom stereocenters. The lowest BCUT2D eigenvalue weighted by Crippen LogP contribution is -2.35. The van der Waals surface area contributed by atoms with Gasteiger partial charge in [0.1, 0.15) is 5.82 Å². The van der Waals surface area contributed by atoms with Gasteiger partial charge in [0.2, 0.25) is 11.9 Å². The Morgan fingerprint density at radius 2 is 1.94 bits per heavy atom. The van der Waals surface area contributed by atoms with E-state index in [1.165, 1.54) is 36.0 Å². The van der Waals surface area contributed by atoms with Gasteiger partial charge in [0.15, 0.2) is 0 Å². The van der Waals surface area contributed by atoms with Crippen LogP contribution >= 0.6 is 24.8 Å². The third-order valence-electron chi connectivity index (χ3n) is 6.92. The quantitative estimate of drug-likeness (QED) is 0.429. The molecule has 7 nitrogen and oxygen atoms in total. The first-order valence-corrected chi connectivity index (χ1v) is 12.1. The summed E-state index contributed by atoms with van der Waals surface area (Å²) in [5.41, 5.74) is 5.06. The molecule has 3 aliphatic rings. The summed E-state index contributed by atoms with van der Waals surface area (Å²) in [5, 5.41) is 9.96. The Balaban J connectivity index is 0.00000162. The van der Waals surface area contributed by atoms with Crippen LogP contribution in [0.25, 0.3) is 0 Å². The standard InChI is InChI=1S/C25H34N6O.2ClH/c1-31-13-10-19-14-21(9-8-20(19)16-31)29-25-28-15-22(17-6-7-17)23(30-25)26-11-3-12-27-24(32)18-4-2-5-18;;/h8-9,14-15,17-18H,2-7,10-13,16H2,1H3,(H,27,32)(H2,26,28,29,30);2*1H. The molecule has 3 N–H and O–H groups in total. The van der Waals surface area contributed by atoms with Crippen LogP contribution in [0.3, 0.4) is 0 Å². The molecule has 0 unspecified atom stereocenters. The van der Waals surface area contributed by atoms with Crippen LogP contribution in [0.5, 0.6) is 0 Å². The van der Waals surface area contributed by atoms with Gasteiger partial charge in [-0.1, -0.05) is 12.5 Å². The lowest BCUT2D eigenvalue weighted by atomic mass is 9.85. The minimum absolute atomic E-state index is 0. The number of rotatable bonds is 9. The van der Waals surface area contributed by atoms with Gasteiger partial charge in [-0.15, -0.1) is 24.8 Å². The number of benzene rings is 1. The number of amides is 1. The highest BCUT2D eigenvalue weighted by Gasteiger charge is 2.28. The fourth-order valence-corrected chi connectivity index (χ4v) is 4.51. The second-order valence-corrected chi connectivity index (χ2v) is 9.57. The Morgan fingerprint density at radius 1 is 1.12 bits per heavy atom. The number of carbonyl (C=O) groups excluding carboxylic acids is 1. The molecule has 2 fully saturated rings. The molecule has 1 aliphatic heterocycles. The number of likely N-dealkylation sites (N-methyl/N-ethyl adjacent to an activating group) is 1. The first kappa shape index (κ1) is 26.5. The van der Waals surface area contributed by atoms with Crippen molar-refractivity contribution in [3.05, 3.63) is 41.1 Å². The Bertz CT molecular complexity index is 980. The Labute approximate surface area is 214 Å². The van der Waals surface area contributed by atoms with Crippen LogP contribution in [0.2, 0.25) is 0 Å². The van der Waals surface area contributed by atoms with E-state index >= 15 is 0 Å². The summed E-state index contributed by atoms with van der Waals surface area (Å²) >= 11 is 0. The van der Waals surface area contributed by atoms with Gasteiger partial charge in [-0.25, -0.2) is 4.98 Å². The summed E-state index contributed by atoms with van der Waals surface area (Å²) < 4.78 is 0. The molecule has 0 radical (unpaired) electrons. The molecule has 2 aromatic rings. The zero-order valence-electron chi connectivity index (χ0n) is 19.8. The van der Waals surface area contributed by atoms with Crippen LogP contribution in [0.15, 0.2) is 24.4 Å². The average molecular weight is 508 g/mol. The van der Waals surface area contributed by atoms with E-state index in [0.717, 1.165) is 56.8 Å². The second kappa shape index (κ2) is 12.0. The van der Waals surface area contributed by atoms with Crippen LogP contribution < -0.4 is 16.0 Å². The number of anilines is 3. The van der Waals surface area contributed by atoms with Gasteiger partial charge >= 0.3 is 0 Å². The van der Waals surface area contributed by atoms with Gasteiger partial charge in [-0.3, -0.25) is 4.79 Å². The summed E-state index contributed by atoms with van der Waals surface area (Å²) in [6, 6.07) is 6.56. The maximum absolute atomic E-state index is 12.0. The fourth-order valence-electron chi connectivity index (χ4n) is 4.51. The van der Waals surface area contributed by atoms with Crippen LogP contribution in [0.4, 0.5) is 17.5 Å². The lowest BCUT2D eigenvalue weighted by Gasteiger charge is -2.25. The van der Waals surface area contributed by atoms with E-state index in [1.807, 2.05) is 6.20 Å². The molecule has 2 saturated carbocycles. The monoisotopic (exact) mass is 506 g/mol. The molecule has 1 amide bonds. The van der Waals surface area contributed by atoms with E-state index < -0.39 is 0 Å². The largest absolute Gasteiger partial charge is 0.370 e. The first-order chi connectivity index (χ1) is 15.7. The highest BCUT2D eigenvalue weighted by molar-refractivity contribution is 5.85. The van der Waals surface area contributed by atoms with Gasteiger partial charge < -0.3 is 20.9 Å². The second-order valence-electron chi connectivity index (χ2n) is 9.57. The summed E-state index contributed by atoms with van der Waals surface area (Å²) in [6.45, 7) is 3.60. The van der Waals surface area contributed by atoms with Crippen molar-refractivity contribution in [1.29, 1.82) is 0 Å². The molecule has 0 bridgehead atoms. The van der Waals surface area contributed by atoms with Crippen molar-refractivity contribution in [3.8, 4) is 0 Å². The van der Waals surface area contributed by atoms with Crippen LogP contribution in [-0.2, 0) is 17.8 Å². The third-order valence-corrected chi connectivity index (χ3v) is 6.92. The van der Waals surface area contributed by atoms with E-state index in [-0.39, 0.29) is 36.6 Å². The maximum Gasteiger partial charge on any atom is 0.229 e. The number of halogens is 2. The van der Waals surface area contributed by atoms with Crippen molar-refractivity contribution >= 4 is 48.2 Å². The topological polar surface area (TPSA) is 82.2 Å². The highest BCUT2D eigenvalue weighted by Crippen LogP contribution is 2.42. The molecule has 34 heavy (non-hydrogen) atoms. The van der Waals surface area contributed by atoms with Gasteiger partial charge in [0.25, 0.3) is 0 Å². The Hall–Kier alpha value is -2.09. The summed E-state index contributed by atoms with van der Waals surface area (Å²) in [5.74, 6) is 2.60. The zero-order valence-corrected chi connectivity index (χ0v) is 21.4. The number of aromatic nitrogens is 2. The number of nitrogens with one attached hydrogen (secondary N) is 3. The van der Waals surface area contributed by atoms with Crippen molar-refractivity contribution in [2.24, 2.45) is 5.92 Å². The zero-order chi connectivity index (χ0) is 21.9. The lowest BCUT2D eigenvalue weighted by molar-refractivity contribution is -0.127. The highest BCUT2D eigenvalue weighted by atomic mass is 35.5. The molecular weight excluding hydrogens is 471 g/mol. The Morgan fingerprint density at radius 3 is 2.68 bits per heavy atom. The number of hydrogen-bond donors (Lipinski definition) is 3. The van der Waals surface area contributed by atoms with Gasteiger partial charge in [0.05, 0.1) is 0 Å². The molecule has 0 saturated heterocycles. The molecular formula is C25H36Cl2N6O. The third kappa shape index (κ3) is 6.52. The minimum atomic E-state index is 0. The van der Waals surface area contributed by atoms with E-state index in [4.69, 9.17) is 4.98 Å². The number of carbonyl (C=O) groups is 1. The SMILES string of the molecule is CN1CCc2cc(Nc3ncc(C4CC4)c(NCCCNC(=O)C4CCC4)n3)ccc2C1.Cl.Cl. The molecule has 2 heterocycles. The Kier molecular flexibility index (Phi) is 9.39. The van der Waals surface area contributed by atoms with Crippen LogP contribution in [0, 0.1) is 5.92 Å².